The van der Waals surface area contributed by atoms with E-state index in [1.54, 1.807) is 0 Å². The van der Waals surface area contributed by atoms with Crippen LogP contribution in [-0.4, -0.2) is 28.6 Å². The number of hydrogen-bond acceptors (Lipinski definition) is 3. The topological polar surface area (TPSA) is 47.4 Å². The van der Waals surface area contributed by atoms with Crippen molar-refractivity contribution < 1.29 is 9.53 Å². The van der Waals surface area contributed by atoms with Crippen LogP contribution in [0.3, 0.4) is 0 Å². The molecule has 4 aromatic rings. The van der Waals surface area contributed by atoms with Gasteiger partial charge in [0, 0.05) is 24.6 Å². The normalized spacial score (nSPS) is 16.1. The van der Waals surface area contributed by atoms with E-state index in [1.807, 2.05) is 53.4 Å². The average Bonchev–Trinajstić information content (AvgIpc) is 3.34. The van der Waals surface area contributed by atoms with Crippen LogP contribution in [0.2, 0.25) is 0 Å². The Morgan fingerprint density at radius 3 is 2.56 bits per heavy atom. The van der Waals surface area contributed by atoms with Gasteiger partial charge in [0.25, 0.3) is 0 Å². The summed E-state index contributed by atoms with van der Waals surface area (Å²) in [6.07, 6.45) is 0.468. The van der Waals surface area contributed by atoms with Gasteiger partial charge in [0.05, 0.1) is 17.6 Å². The van der Waals surface area contributed by atoms with Gasteiger partial charge >= 0.3 is 0 Å². The third-order valence-electron chi connectivity index (χ3n) is 6.06. The summed E-state index contributed by atoms with van der Waals surface area (Å²) in [5.74, 6) is 2.03. The van der Waals surface area contributed by atoms with E-state index < -0.39 is 0 Å². The molecule has 0 aliphatic carbocycles. The molecule has 0 spiro atoms. The van der Waals surface area contributed by atoms with Crippen molar-refractivity contribution in [2.75, 3.05) is 18.1 Å². The predicted octanol–water partition coefficient (Wildman–Crippen LogP) is 5.25. The van der Waals surface area contributed by atoms with E-state index in [9.17, 15) is 4.79 Å². The van der Waals surface area contributed by atoms with Gasteiger partial charge in [-0.25, -0.2) is 4.98 Å². The standard InChI is InChI=1S/C27H27N3O2/c1-19-7-5-9-22(15-19)30-18-21(17-26(30)31)27-28-24-11-3-4-12-25(24)29(27)13-14-32-23-10-6-8-20(2)16-23/h3-12,15-16,21H,13-14,17-18H2,1-2H3/t21-/m0/s1. The maximum Gasteiger partial charge on any atom is 0.227 e. The first-order valence-electron chi connectivity index (χ1n) is 11.1. The van der Waals surface area contributed by atoms with Crippen LogP contribution in [0.25, 0.3) is 11.0 Å². The smallest absolute Gasteiger partial charge is 0.227 e. The fourth-order valence-electron chi connectivity index (χ4n) is 4.53. The minimum absolute atomic E-state index is 0.0504. The van der Waals surface area contributed by atoms with E-state index in [2.05, 4.69) is 42.7 Å². The number of ether oxygens (including phenoxy) is 1. The van der Waals surface area contributed by atoms with Crippen molar-refractivity contribution in [2.24, 2.45) is 0 Å². The zero-order valence-corrected chi connectivity index (χ0v) is 18.5. The summed E-state index contributed by atoms with van der Waals surface area (Å²) in [6, 6.07) is 24.4. The molecule has 1 aromatic heterocycles. The number of aryl methyl sites for hydroxylation is 2. The van der Waals surface area contributed by atoms with Crippen LogP contribution in [0.1, 0.15) is 29.3 Å². The highest BCUT2D eigenvalue weighted by Crippen LogP contribution is 2.33. The van der Waals surface area contributed by atoms with E-state index in [0.29, 0.717) is 26.1 Å². The minimum Gasteiger partial charge on any atom is -0.492 e. The van der Waals surface area contributed by atoms with Crippen LogP contribution in [0.5, 0.6) is 5.75 Å². The van der Waals surface area contributed by atoms with Gasteiger partial charge in [0.1, 0.15) is 18.2 Å². The van der Waals surface area contributed by atoms with Gasteiger partial charge in [0.15, 0.2) is 0 Å². The lowest BCUT2D eigenvalue weighted by Gasteiger charge is -2.18. The molecule has 1 aliphatic rings. The number of benzene rings is 3. The molecule has 1 aliphatic heterocycles. The van der Waals surface area contributed by atoms with Crippen molar-refractivity contribution in [3.05, 3.63) is 89.7 Å². The Morgan fingerprint density at radius 2 is 1.75 bits per heavy atom. The van der Waals surface area contributed by atoms with Crippen molar-refractivity contribution in [3.8, 4) is 5.75 Å². The quantitative estimate of drug-likeness (QED) is 0.424. The van der Waals surface area contributed by atoms with Crippen LogP contribution >= 0.6 is 0 Å². The fourth-order valence-corrected chi connectivity index (χ4v) is 4.53. The summed E-state index contributed by atoms with van der Waals surface area (Å²) < 4.78 is 8.25. The Hall–Kier alpha value is -3.60. The van der Waals surface area contributed by atoms with E-state index in [1.165, 1.54) is 5.56 Å². The second kappa shape index (κ2) is 8.50. The van der Waals surface area contributed by atoms with E-state index >= 15 is 0 Å². The molecule has 0 N–H and O–H groups in total. The van der Waals surface area contributed by atoms with Gasteiger partial charge in [-0.05, 0) is 61.4 Å². The highest BCUT2D eigenvalue weighted by Gasteiger charge is 2.34. The number of imidazole rings is 1. The van der Waals surface area contributed by atoms with Gasteiger partial charge in [-0.1, -0.05) is 36.4 Å². The first-order valence-corrected chi connectivity index (χ1v) is 11.1. The van der Waals surface area contributed by atoms with Crippen molar-refractivity contribution in [3.63, 3.8) is 0 Å². The van der Waals surface area contributed by atoms with Gasteiger partial charge in [-0.15, -0.1) is 0 Å². The summed E-state index contributed by atoms with van der Waals surface area (Å²) in [7, 11) is 0. The molecule has 0 unspecified atom stereocenters. The number of rotatable bonds is 6. The second-order valence-electron chi connectivity index (χ2n) is 8.52. The van der Waals surface area contributed by atoms with Crippen LogP contribution in [0.4, 0.5) is 5.69 Å². The van der Waals surface area contributed by atoms with Gasteiger partial charge in [-0.3, -0.25) is 4.79 Å². The Kier molecular flexibility index (Phi) is 5.39. The molecule has 3 aromatic carbocycles. The van der Waals surface area contributed by atoms with Crippen LogP contribution in [-0.2, 0) is 11.3 Å². The average molecular weight is 426 g/mol. The first-order chi connectivity index (χ1) is 15.6. The monoisotopic (exact) mass is 425 g/mol. The lowest BCUT2D eigenvalue weighted by molar-refractivity contribution is -0.117. The molecule has 0 bridgehead atoms. The molecule has 5 nitrogen and oxygen atoms in total. The minimum atomic E-state index is 0.0504. The SMILES string of the molecule is Cc1cccc(OCCn2c([C@H]3CC(=O)N(c4cccc(C)c4)C3)nc3ccccc32)c1. The first kappa shape index (κ1) is 20.3. The molecule has 2 heterocycles. The third kappa shape index (κ3) is 3.98. The summed E-state index contributed by atoms with van der Waals surface area (Å²) in [4.78, 5) is 19.7. The Morgan fingerprint density at radius 1 is 0.969 bits per heavy atom. The van der Waals surface area contributed by atoms with E-state index in [4.69, 9.17) is 9.72 Å². The zero-order valence-electron chi connectivity index (χ0n) is 18.5. The van der Waals surface area contributed by atoms with E-state index in [0.717, 1.165) is 33.9 Å². The molecule has 1 saturated heterocycles. The number of carbonyl (C=O) groups excluding carboxylic acids is 1. The van der Waals surface area contributed by atoms with Crippen LogP contribution in [0.15, 0.2) is 72.8 Å². The molecule has 1 fully saturated rings. The molecule has 0 saturated carbocycles. The van der Waals surface area contributed by atoms with Crippen molar-refractivity contribution in [2.45, 2.75) is 32.7 Å². The van der Waals surface area contributed by atoms with Crippen molar-refractivity contribution in [1.29, 1.82) is 0 Å². The highest BCUT2D eigenvalue weighted by molar-refractivity contribution is 5.96. The molecule has 1 amide bonds. The largest absolute Gasteiger partial charge is 0.492 e. The number of aromatic nitrogens is 2. The predicted molar refractivity (Wildman–Crippen MR) is 127 cm³/mol. The third-order valence-corrected chi connectivity index (χ3v) is 6.06. The summed E-state index contributed by atoms with van der Waals surface area (Å²) in [5.41, 5.74) is 5.33. The lowest BCUT2D eigenvalue weighted by atomic mass is 10.1. The highest BCUT2D eigenvalue weighted by atomic mass is 16.5. The Labute approximate surface area is 188 Å². The number of fused-ring (bicyclic) bond motifs is 1. The fraction of sp³-hybridized carbons (Fsp3) is 0.259. The van der Waals surface area contributed by atoms with E-state index in [-0.39, 0.29) is 11.8 Å². The molecule has 5 rings (SSSR count). The van der Waals surface area contributed by atoms with Crippen molar-refractivity contribution >= 4 is 22.6 Å². The van der Waals surface area contributed by atoms with Crippen LogP contribution < -0.4 is 9.64 Å². The number of amides is 1. The maximum absolute atomic E-state index is 12.9. The number of carbonyl (C=O) groups is 1. The van der Waals surface area contributed by atoms with Gasteiger partial charge in [0.2, 0.25) is 5.91 Å². The zero-order chi connectivity index (χ0) is 22.1. The molecular formula is C27H27N3O2. The molecule has 0 radical (unpaired) electrons. The molecule has 162 valence electrons. The Bertz CT molecular complexity index is 1280. The Balaban J connectivity index is 1.41. The molecule has 1 atom stereocenters. The number of para-hydroxylation sites is 2. The molecule has 5 heteroatoms. The summed E-state index contributed by atoms with van der Waals surface area (Å²) >= 11 is 0. The summed E-state index contributed by atoms with van der Waals surface area (Å²) in [5, 5.41) is 0. The van der Waals surface area contributed by atoms with Crippen LogP contribution in [0, 0.1) is 13.8 Å². The molecular weight excluding hydrogens is 398 g/mol. The number of nitrogens with zero attached hydrogens (tertiary/aromatic N) is 3. The molecule has 32 heavy (non-hydrogen) atoms. The number of hydrogen-bond donors (Lipinski definition) is 0. The maximum atomic E-state index is 12.9. The number of anilines is 1. The summed E-state index contributed by atoms with van der Waals surface area (Å²) in [6.45, 7) is 5.98. The van der Waals surface area contributed by atoms with Crippen molar-refractivity contribution in [1.82, 2.24) is 9.55 Å². The second-order valence-corrected chi connectivity index (χ2v) is 8.52. The van der Waals surface area contributed by atoms with Gasteiger partial charge in [-0.2, -0.15) is 0 Å². The van der Waals surface area contributed by atoms with Gasteiger partial charge < -0.3 is 14.2 Å². The lowest BCUT2D eigenvalue weighted by Crippen LogP contribution is -2.24.